The lowest BCUT2D eigenvalue weighted by Crippen LogP contribution is -2.11. The van der Waals surface area contributed by atoms with Crippen molar-refractivity contribution in [3.63, 3.8) is 0 Å². The third-order valence-electron chi connectivity index (χ3n) is 9.37. The van der Waals surface area contributed by atoms with Crippen LogP contribution in [0.2, 0.25) is 0 Å². The number of hydrogen-bond donors (Lipinski definition) is 0. The zero-order valence-corrected chi connectivity index (χ0v) is 26.6. The summed E-state index contributed by atoms with van der Waals surface area (Å²) in [6, 6.07) is 39.1. The minimum absolute atomic E-state index is 0.0269. The van der Waals surface area contributed by atoms with E-state index < -0.39 is 48.3 Å². The van der Waals surface area contributed by atoms with Crippen LogP contribution < -0.4 is 4.90 Å². The van der Waals surface area contributed by atoms with Gasteiger partial charge in [0.15, 0.2) is 0 Å². The fourth-order valence-electron chi connectivity index (χ4n) is 7.05. The molecule has 10 rings (SSSR count). The molecule has 234 valence electrons. The van der Waals surface area contributed by atoms with Crippen molar-refractivity contribution in [2.45, 2.75) is 0 Å². The Bertz CT molecular complexity index is 3390. The molecule has 0 saturated heterocycles. The second kappa shape index (κ2) is 11.5. The van der Waals surface area contributed by atoms with Gasteiger partial charge in [-0.1, -0.05) is 158 Å². The molecular weight excluding hydrogens is 607 g/mol. The number of rotatable bonds is 5. The molecule has 0 bridgehead atoms. The first-order chi connectivity index (χ1) is 28.5. The van der Waals surface area contributed by atoms with Crippen LogP contribution >= 0.6 is 0 Å². The van der Waals surface area contributed by atoms with Crippen molar-refractivity contribution in [3.05, 3.63) is 188 Å². The standard InChI is InChI=1S/C48H31NO/c1-4-18-39-33(12-1)14-10-24-45(39)49(46-31-36-13-2-3-17-38(36)41-19-5-6-20-42(41)46)37-16-9-15-35(30-37)32-26-28-34(29-27-32)40-22-11-23-44-43-21-7-8-25-47(43)50-48(40)44/h1-31H/i2D,3D,5D,6D,13D,17D,19D,20D,31D. The summed E-state index contributed by atoms with van der Waals surface area (Å²) in [6.45, 7) is 0. The third kappa shape index (κ3) is 4.57. The smallest absolute Gasteiger partial charge is 0.143 e. The Morgan fingerprint density at radius 2 is 1.12 bits per heavy atom. The van der Waals surface area contributed by atoms with E-state index in [0.29, 0.717) is 11.4 Å². The molecule has 0 spiro atoms. The molecule has 0 aliphatic rings. The summed E-state index contributed by atoms with van der Waals surface area (Å²) in [5.74, 6) is 0. The summed E-state index contributed by atoms with van der Waals surface area (Å²) in [6.07, 6.45) is 0. The topological polar surface area (TPSA) is 16.4 Å². The van der Waals surface area contributed by atoms with Gasteiger partial charge in [0.2, 0.25) is 0 Å². The highest BCUT2D eigenvalue weighted by molar-refractivity contribution is 6.16. The van der Waals surface area contributed by atoms with Crippen LogP contribution in [-0.2, 0) is 0 Å². The predicted octanol–water partition coefficient (Wildman–Crippen LogP) is 13.8. The van der Waals surface area contributed by atoms with Crippen LogP contribution in [0, 0.1) is 0 Å². The molecule has 0 N–H and O–H groups in total. The first-order valence-corrected chi connectivity index (χ1v) is 16.4. The number of hydrogen-bond acceptors (Lipinski definition) is 2. The van der Waals surface area contributed by atoms with Gasteiger partial charge in [0, 0.05) is 32.8 Å². The van der Waals surface area contributed by atoms with Gasteiger partial charge in [0.25, 0.3) is 0 Å². The highest BCUT2D eigenvalue weighted by atomic mass is 16.3. The number of anilines is 3. The van der Waals surface area contributed by atoms with E-state index in [4.69, 9.17) is 14.0 Å². The Kier molecular flexibility index (Phi) is 4.76. The van der Waals surface area contributed by atoms with Gasteiger partial charge < -0.3 is 9.32 Å². The summed E-state index contributed by atoms with van der Waals surface area (Å²) in [5.41, 5.74) is 6.55. The van der Waals surface area contributed by atoms with Gasteiger partial charge >= 0.3 is 0 Å². The van der Waals surface area contributed by atoms with E-state index in [1.54, 1.807) is 4.90 Å². The Morgan fingerprint density at radius 3 is 2.02 bits per heavy atom. The van der Waals surface area contributed by atoms with Crippen molar-refractivity contribution >= 4 is 71.3 Å². The highest BCUT2D eigenvalue weighted by Crippen LogP contribution is 2.45. The first-order valence-electron chi connectivity index (χ1n) is 20.9. The van der Waals surface area contributed by atoms with Crippen LogP contribution in [-0.4, -0.2) is 0 Å². The maximum Gasteiger partial charge on any atom is 0.143 e. The van der Waals surface area contributed by atoms with Crippen molar-refractivity contribution in [1.29, 1.82) is 0 Å². The first kappa shape index (κ1) is 20.7. The quantitative estimate of drug-likeness (QED) is 0.173. The molecule has 0 atom stereocenters. The van der Waals surface area contributed by atoms with Crippen LogP contribution in [0.3, 0.4) is 0 Å². The average Bonchev–Trinajstić information content (AvgIpc) is 3.66. The Hall–Kier alpha value is -6.64. The summed E-state index contributed by atoms with van der Waals surface area (Å²) >= 11 is 0. The highest BCUT2D eigenvalue weighted by Gasteiger charge is 2.20. The molecular formula is C48H31NO. The molecule has 0 fully saturated rings. The fraction of sp³-hybridized carbons (Fsp3) is 0. The fourth-order valence-corrected chi connectivity index (χ4v) is 7.05. The predicted molar refractivity (Wildman–Crippen MR) is 212 cm³/mol. The maximum atomic E-state index is 9.82. The van der Waals surface area contributed by atoms with E-state index in [2.05, 4.69) is 24.3 Å². The zero-order chi connectivity index (χ0) is 40.9. The van der Waals surface area contributed by atoms with Crippen molar-refractivity contribution in [2.75, 3.05) is 4.90 Å². The van der Waals surface area contributed by atoms with Gasteiger partial charge in [-0.25, -0.2) is 0 Å². The molecule has 0 aliphatic heterocycles. The van der Waals surface area contributed by atoms with E-state index in [1.807, 2.05) is 109 Å². The van der Waals surface area contributed by atoms with Crippen LogP contribution in [0.1, 0.15) is 12.3 Å². The van der Waals surface area contributed by atoms with E-state index >= 15 is 0 Å². The van der Waals surface area contributed by atoms with Gasteiger partial charge in [0.05, 0.1) is 23.7 Å². The van der Waals surface area contributed by atoms with Gasteiger partial charge in [-0.05, 0) is 68.5 Å². The number of furan rings is 1. The van der Waals surface area contributed by atoms with Gasteiger partial charge in [-0.15, -0.1) is 0 Å². The van der Waals surface area contributed by atoms with Gasteiger partial charge in [-0.2, -0.15) is 0 Å². The summed E-state index contributed by atoms with van der Waals surface area (Å²) in [5, 5.41) is 3.41. The van der Waals surface area contributed by atoms with E-state index in [1.165, 1.54) is 0 Å². The summed E-state index contributed by atoms with van der Waals surface area (Å²) < 4.78 is 86.9. The van der Waals surface area contributed by atoms with Crippen LogP contribution in [0.4, 0.5) is 17.1 Å². The lowest BCUT2D eigenvalue weighted by atomic mass is 9.97. The van der Waals surface area contributed by atoms with E-state index in [9.17, 15) is 2.74 Å². The third-order valence-corrected chi connectivity index (χ3v) is 9.37. The Morgan fingerprint density at radius 1 is 0.440 bits per heavy atom. The molecule has 1 aromatic heterocycles. The van der Waals surface area contributed by atoms with Crippen molar-refractivity contribution in [1.82, 2.24) is 0 Å². The number of para-hydroxylation sites is 2. The van der Waals surface area contributed by atoms with Crippen LogP contribution in [0.15, 0.2) is 192 Å². The van der Waals surface area contributed by atoms with E-state index in [-0.39, 0.29) is 33.3 Å². The molecule has 0 saturated carbocycles. The molecule has 10 aromatic rings. The average molecular weight is 647 g/mol. The normalized spacial score (nSPS) is 14.1. The number of fused-ring (bicyclic) bond motifs is 7. The Balaban J connectivity index is 1.23. The summed E-state index contributed by atoms with van der Waals surface area (Å²) in [4.78, 5) is 1.79. The van der Waals surface area contributed by atoms with Crippen molar-refractivity contribution < 1.29 is 16.8 Å². The molecule has 0 radical (unpaired) electrons. The monoisotopic (exact) mass is 646 g/mol. The lowest BCUT2D eigenvalue weighted by molar-refractivity contribution is 0.670. The number of nitrogens with zero attached hydrogens (tertiary/aromatic N) is 1. The summed E-state index contributed by atoms with van der Waals surface area (Å²) in [7, 11) is 0. The van der Waals surface area contributed by atoms with Crippen LogP contribution in [0.5, 0.6) is 0 Å². The molecule has 1 heterocycles. The van der Waals surface area contributed by atoms with Gasteiger partial charge in [0.1, 0.15) is 11.2 Å². The second-order valence-electron chi connectivity index (χ2n) is 12.2. The minimum atomic E-state index is -0.553. The maximum absolute atomic E-state index is 9.82. The molecule has 2 nitrogen and oxygen atoms in total. The van der Waals surface area contributed by atoms with Crippen molar-refractivity contribution in [3.8, 4) is 22.3 Å². The van der Waals surface area contributed by atoms with E-state index in [0.717, 1.165) is 55.0 Å². The van der Waals surface area contributed by atoms with Crippen LogP contribution in [0.25, 0.3) is 76.5 Å². The molecule has 0 aliphatic carbocycles. The largest absolute Gasteiger partial charge is 0.455 e. The minimum Gasteiger partial charge on any atom is -0.455 e. The van der Waals surface area contributed by atoms with Crippen molar-refractivity contribution in [2.24, 2.45) is 0 Å². The molecule has 50 heavy (non-hydrogen) atoms. The Labute approximate surface area is 302 Å². The van der Waals surface area contributed by atoms with Gasteiger partial charge in [-0.3, -0.25) is 0 Å². The second-order valence-corrected chi connectivity index (χ2v) is 12.2. The molecule has 2 heteroatoms. The zero-order valence-electron chi connectivity index (χ0n) is 35.6. The molecule has 0 unspecified atom stereocenters. The number of benzene rings is 9. The lowest BCUT2D eigenvalue weighted by Gasteiger charge is -2.29. The molecule has 0 amide bonds. The SMILES string of the molecule is [2H]c1c([2H])c([2H])c2c(c1[2H])c([2H])c(N(c1cccc(-c3ccc(-c4cccc5c4oc4ccccc45)cc3)c1)c1cccc3ccccc13)c1c([2H])c([2H])c([2H])c([2H])c12. The molecule has 9 aromatic carbocycles.